The lowest BCUT2D eigenvalue weighted by Gasteiger charge is -2.27. The van der Waals surface area contributed by atoms with E-state index in [1.54, 1.807) is 37.3 Å². The maximum absolute atomic E-state index is 9.75. The Labute approximate surface area is 288 Å². The van der Waals surface area contributed by atoms with Gasteiger partial charge >= 0.3 is 0 Å². The van der Waals surface area contributed by atoms with Gasteiger partial charge in [0.05, 0.1) is 47.0 Å². The van der Waals surface area contributed by atoms with E-state index in [0.29, 0.717) is 39.3 Å². The summed E-state index contributed by atoms with van der Waals surface area (Å²) in [5, 5.41) is 33.8. The third kappa shape index (κ3) is 9.16. The molecule has 0 bridgehead atoms. The highest BCUT2D eigenvalue weighted by Crippen LogP contribution is 2.38. The van der Waals surface area contributed by atoms with Gasteiger partial charge in [-0.3, -0.25) is 0 Å². The maximum Gasteiger partial charge on any atom is 0.142 e. The second-order valence-electron chi connectivity index (χ2n) is 11.1. The molecule has 0 heterocycles. The van der Waals surface area contributed by atoms with E-state index in [0.717, 1.165) is 45.3 Å². The van der Waals surface area contributed by atoms with Crippen LogP contribution >= 0.6 is 39.1 Å². The van der Waals surface area contributed by atoms with Gasteiger partial charge < -0.3 is 29.7 Å². The fourth-order valence-corrected chi connectivity index (χ4v) is 5.43. The minimum absolute atomic E-state index is 0.154. The lowest BCUT2D eigenvalue weighted by molar-refractivity contribution is 0.103. The quantitative estimate of drug-likeness (QED) is 0.0794. The zero-order chi connectivity index (χ0) is 33.1. The Balaban J connectivity index is 1.58. The summed E-state index contributed by atoms with van der Waals surface area (Å²) in [4.78, 5) is 0. The first-order valence-electron chi connectivity index (χ1n) is 14.8. The van der Waals surface area contributed by atoms with E-state index in [-0.39, 0.29) is 33.0 Å². The van der Waals surface area contributed by atoms with Crippen LogP contribution in [0, 0.1) is 18.3 Å². The molecule has 46 heavy (non-hydrogen) atoms. The van der Waals surface area contributed by atoms with Crippen molar-refractivity contribution in [1.82, 2.24) is 5.32 Å². The van der Waals surface area contributed by atoms with Crippen LogP contribution in [-0.2, 0) is 19.8 Å². The smallest absolute Gasteiger partial charge is 0.142 e. The van der Waals surface area contributed by atoms with Crippen molar-refractivity contribution in [2.75, 3.05) is 25.2 Å². The minimum Gasteiger partial charge on any atom is -0.493 e. The van der Waals surface area contributed by atoms with Crippen molar-refractivity contribution in [1.29, 1.82) is 5.26 Å². The highest BCUT2D eigenvalue weighted by Gasteiger charge is 2.23. The average molecular weight is 729 g/mol. The fraction of sp³-hybridized carbons (Fsp3) is 0.306. The van der Waals surface area contributed by atoms with Crippen LogP contribution in [0.25, 0.3) is 11.1 Å². The van der Waals surface area contributed by atoms with Crippen LogP contribution in [0.15, 0.2) is 72.8 Å². The molecule has 242 valence electrons. The zero-order valence-corrected chi connectivity index (χ0v) is 28.9. The summed E-state index contributed by atoms with van der Waals surface area (Å²) in [6.45, 7) is 4.45. The van der Waals surface area contributed by atoms with E-state index in [1.165, 1.54) is 0 Å². The first-order valence-corrected chi connectivity index (χ1v) is 16.7. The second-order valence-corrected chi connectivity index (χ2v) is 12.7. The number of ether oxygens (including phenoxy) is 3. The van der Waals surface area contributed by atoms with Crippen molar-refractivity contribution in [3.63, 3.8) is 0 Å². The molecular weight excluding hydrogens is 691 g/mol. The molecule has 0 aromatic heterocycles. The van der Waals surface area contributed by atoms with Gasteiger partial charge in [0.25, 0.3) is 0 Å². The van der Waals surface area contributed by atoms with Gasteiger partial charge in [-0.15, -0.1) is 0 Å². The zero-order valence-electron chi connectivity index (χ0n) is 25.8. The number of alkyl halides is 1. The van der Waals surface area contributed by atoms with Crippen LogP contribution in [0.3, 0.4) is 0 Å². The summed E-state index contributed by atoms with van der Waals surface area (Å²) in [6.07, 6.45) is 0.906. The van der Waals surface area contributed by atoms with Crippen LogP contribution in [0.1, 0.15) is 41.2 Å². The van der Waals surface area contributed by atoms with Crippen LogP contribution in [0.2, 0.25) is 10.0 Å². The fourth-order valence-electron chi connectivity index (χ4n) is 4.68. The van der Waals surface area contributed by atoms with Gasteiger partial charge in [-0.1, -0.05) is 81.6 Å². The minimum atomic E-state index is -0.903. The predicted octanol–water partition coefficient (Wildman–Crippen LogP) is 8.00. The SMILES string of the molecule is Cc1c(OCCCBr)cccc1-c1cccc(COc2cc(OCc3cccc(C#N)c3)c(CNC(C)(CO)CO)cc2Cl)c1Cl. The first-order chi connectivity index (χ1) is 22.2. The van der Waals surface area contributed by atoms with Gasteiger partial charge in [-0.2, -0.15) is 5.26 Å². The van der Waals surface area contributed by atoms with Crippen LogP contribution in [-0.4, -0.2) is 40.9 Å². The van der Waals surface area contributed by atoms with Crippen molar-refractivity contribution in [3.8, 4) is 34.4 Å². The van der Waals surface area contributed by atoms with Crippen molar-refractivity contribution in [3.05, 3.63) is 111 Å². The largest absolute Gasteiger partial charge is 0.493 e. The van der Waals surface area contributed by atoms with Gasteiger partial charge in [0, 0.05) is 34.6 Å². The number of nitrogens with one attached hydrogen (secondary N) is 1. The van der Waals surface area contributed by atoms with Crippen molar-refractivity contribution >= 4 is 39.1 Å². The summed E-state index contributed by atoms with van der Waals surface area (Å²) in [7, 11) is 0. The van der Waals surface area contributed by atoms with E-state index >= 15 is 0 Å². The Morgan fingerprint density at radius 1 is 0.848 bits per heavy atom. The molecule has 0 aliphatic rings. The van der Waals surface area contributed by atoms with Crippen LogP contribution in [0.4, 0.5) is 0 Å². The van der Waals surface area contributed by atoms with Crippen molar-refractivity contribution in [2.24, 2.45) is 0 Å². The monoisotopic (exact) mass is 726 g/mol. The van der Waals surface area contributed by atoms with Crippen molar-refractivity contribution in [2.45, 2.75) is 45.6 Å². The van der Waals surface area contributed by atoms with Gasteiger partial charge in [0.1, 0.15) is 30.5 Å². The highest BCUT2D eigenvalue weighted by molar-refractivity contribution is 9.09. The molecule has 0 radical (unpaired) electrons. The Bertz CT molecular complexity index is 1670. The predicted molar refractivity (Wildman–Crippen MR) is 186 cm³/mol. The molecule has 4 rings (SSSR count). The van der Waals surface area contributed by atoms with E-state index < -0.39 is 5.54 Å². The molecule has 0 atom stereocenters. The number of rotatable bonds is 16. The first kappa shape index (κ1) is 35.6. The maximum atomic E-state index is 9.75. The summed E-state index contributed by atoms with van der Waals surface area (Å²) in [6, 6.07) is 24.6. The van der Waals surface area contributed by atoms with Crippen LogP contribution < -0.4 is 19.5 Å². The third-order valence-electron chi connectivity index (χ3n) is 7.54. The summed E-state index contributed by atoms with van der Waals surface area (Å²) < 4.78 is 18.4. The number of benzene rings is 4. The molecule has 0 aliphatic heterocycles. The Kier molecular flexibility index (Phi) is 13.2. The molecule has 3 N–H and O–H groups in total. The number of nitrogens with zero attached hydrogens (tertiary/aromatic N) is 1. The molecule has 0 aliphatic carbocycles. The number of halogens is 3. The van der Waals surface area contributed by atoms with E-state index in [2.05, 4.69) is 27.3 Å². The standard InChI is InChI=1S/C36H37BrCl2N2O5/c1-24-29(10-5-12-32(24)44-14-6-13-37)30-11-4-9-27(35(30)39)21-46-34-17-33(45-20-26-8-3-7-25(15-26)18-40)28(16-31(34)38)19-41-36(2,22-42)23-43/h3-5,7-12,15-17,41-43H,6,13-14,19-23H2,1-2H3. The van der Waals surface area contributed by atoms with Crippen molar-refractivity contribution < 1.29 is 24.4 Å². The molecule has 0 unspecified atom stereocenters. The molecule has 7 nitrogen and oxygen atoms in total. The Morgan fingerprint density at radius 2 is 1.57 bits per heavy atom. The molecule has 0 saturated heterocycles. The molecule has 0 fully saturated rings. The van der Waals surface area contributed by atoms with Crippen LogP contribution in [0.5, 0.6) is 17.2 Å². The summed E-state index contributed by atoms with van der Waals surface area (Å²) in [5.41, 5.74) is 4.80. The lowest BCUT2D eigenvalue weighted by Crippen LogP contribution is -2.48. The normalized spacial score (nSPS) is 11.3. The molecule has 10 heteroatoms. The molecule has 0 saturated carbocycles. The summed E-state index contributed by atoms with van der Waals surface area (Å²) in [5.74, 6) is 1.72. The molecule has 4 aromatic rings. The Hall–Kier alpha value is -3.29. The molecule has 0 amide bonds. The van der Waals surface area contributed by atoms with Gasteiger partial charge in [-0.05, 0) is 61.2 Å². The molecule has 0 spiro atoms. The number of hydrogen-bond donors (Lipinski definition) is 3. The topological polar surface area (TPSA) is 104 Å². The van der Waals surface area contributed by atoms with E-state index in [9.17, 15) is 15.5 Å². The second kappa shape index (κ2) is 17.0. The van der Waals surface area contributed by atoms with E-state index in [1.807, 2.05) is 49.4 Å². The molecular formula is C36H37BrCl2N2O5. The Morgan fingerprint density at radius 3 is 2.30 bits per heavy atom. The lowest BCUT2D eigenvalue weighted by atomic mass is 9.98. The van der Waals surface area contributed by atoms with Gasteiger partial charge in [-0.25, -0.2) is 0 Å². The van der Waals surface area contributed by atoms with Gasteiger partial charge in [0.15, 0.2) is 0 Å². The number of nitriles is 1. The average Bonchev–Trinajstić information content (AvgIpc) is 3.07. The van der Waals surface area contributed by atoms with E-state index in [4.69, 9.17) is 37.4 Å². The third-order valence-corrected chi connectivity index (χ3v) is 8.84. The van der Waals surface area contributed by atoms with Gasteiger partial charge in [0.2, 0.25) is 0 Å². The number of aliphatic hydroxyl groups is 2. The number of aliphatic hydroxyl groups excluding tert-OH is 2. The number of hydrogen-bond acceptors (Lipinski definition) is 7. The summed E-state index contributed by atoms with van der Waals surface area (Å²) >= 11 is 17.1. The molecule has 4 aromatic carbocycles. The highest BCUT2D eigenvalue weighted by atomic mass is 79.9.